The fourth-order valence-electron chi connectivity index (χ4n) is 2.68. The molecule has 29 heavy (non-hydrogen) atoms. The minimum Gasteiger partial charge on any atom is -0.244 e. The fraction of sp³-hybridized carbons (Fsp3) is 0. The summed E-state index contributed by atoms with van der Waals surface area (Å²) in [6.07, 6.45) is 12.7. The lowest BCUT2D eigenvalue weighted by Gasteiger charge is -2.16. The topological polar surface area (TPSA) is 116 Å². The molecule has 0 N–H and O–H groups in total. The van der Waals surface area contributed by atoms with Crippen molar-refractivity contribution in [3.05, 3.63) is 80.4 Å². The Balaban J connectivity index is 1.57. The fourth-order valence-corrected chi connectivity index (χ4v) is 2.68. The lowest BCUT2D eigenvalue weighted by Crippen LogP contribution is -2.14. The van der Waals surface area contributed by atoms with Crippen molar-refractivity contribution in [3.8, 4) is 11.4 Å². The summed E-state index contributed by atoms with van der Waals surface area (Å²) in [6, 6.07) is 9.64. The first-order valence-electron chi connectivity index (χ1n) is 8.58. The molecule has 0 amide bonds. The molecule has 5 aromatic rings. The first-order valence-corrected chi connectivity index (χ1v) is 8.58. The summed E-state index contributed by atoms with van der Waals surface area (Å²) in [7, 11) is 0. The van der Waals surface area contributed by atoms with Crippen LogP contribution in [0.25, 0.3) is 11.4 Å². The van der Waals surface area contributed by atoms with E-state index in [1.54, 1.807) is 51.7 Å². The summed E-state index contributed by atoms with van der Waals surface area (Å²) in [5, 5.41) is 9.11. The number of anilines is 3. The van der Waals surface area contributed by atoms with E-state index >= 15 is 0 Å². The standard InChI is InChI=1S/C18H13N11/c1-2-4-14(5-3-1)29(17-23-12-27(25-17)15-6-19-10-20-7-15)18-24-13-28(26-18)16-8-21-11-22-9-16/h1-13H. The van der Waals surface area contributed by atoms with E-state index in [4.69, 9.17) is 0 Å². The Hall–Kier alpha value is -4.54. The first-order chi connectivity index (χ1) is 14.4. The lowest BCUT2D eigenvalue weighted by atomic mass is 10.3. The highest BCUT2D eigenvalue weighted by Gasteiger charge is 2.21. The van der Waals surface area contributed by atoms with Crippen LogP contribution < -0.4 is 4.90 Å². The lowest BCUT2D eigenvalue weighted by molar-refractivity contribution is 0.844. The second-order valence-corrected chi connectivity index (χ2v) is 5.84. The number of nitrogens with zero attached hydrogens (tertiary/aromatic N) is 11. The Morgan fingerprint density at radius 2 is 1.10 bits per heavy atom. The third-order valence-corrected chi connectivity index (χ3v) is 4.00. The molecule has 0 radical (unpaired) electrons. The van der Waals surface area contributed by atoms with Gasteiger partial charge in [-0.05, 0) is 12.1 Å². The van der Waals surface area contributed by atoms with Gasteiger partial charge in [-0.1, -0.05) is 18.2 Å². The van der Waals surface area contributed by atoms with Gasteiger partial charge in [0.15, 0.2) is 0 Å². The van der Waals surface area contributed by atoms with Crippen LogP contribution >= 0.6 is 0 Å². The number of hydrogen-bond donors (Lipinski definition) is 0. The van der Waals surface area contributed by atoms with Crippen LogP contribution in [-0.4, -0.2) is 49.5 Å². The van der Waals surface area contributed by atoms with Crippen molar-refractivity contribution >= 4 is 17.6 Å². The molecule has 4 aromatic heterocycles. The zero-order valence-electron chi connectivity index (χ0n) is 14.9. The van der Waals surface area contributed by atoms with Crippen LogP contribution in [0.15, 0.2) is 80.4 Å². The molecule has 0 saturated carbocycles. The summed E-state index contributed by atoms with van der Waals surface area (Å²) in [4.78, 5) is 26.7. The summed E-state index contributed by atoms with van der Waals surface area (Å²) in [5.74, 6) is 0.809. The van der Waals surface area contributed by atoms with Gasteiger partial charge in [0.05, 0.1) is 30.5 Å². The number of rotatable bonds is 5. The summed E-state index contributed by atoms with van der Waals surface area (Å²) in [5.41, 5.74) is 2.20. The zero-order valence-corrected chi connectivity index (χ0v) is 14.9. The van der Waals surface area contributed by atoms with Crippen molar-refractivity contribution in [2.45, 2.75) is 0 Å². The Morgan fingerprint density at radius 3 is 1.59 bits per heavy atom. The maximum absolute atomic E-state index is 4.55. The van der Waals surface area contributed by atoms with Gasteiger partial charge in [-0.25, -0.2) is 34.2 Å². The highest BCUT2D eigenvalue weighted by molar-refractivity contribution is 5.67. The van der Waals surface area contributed by atoms with E-state index in [0.717, 1.165) is 5.69 Å². The van der Waals surface area contributed by atoms with Gasteiger partial charge >= 0.3 is 0 Å². The molecule has 0 saturated heterocycles. The largest absolute Gasteiger partial charge is 0.256 e. The molecule has 0 aliphatic heterocycles. The minimum atomic E-state index is 0.405. The Labute approximate surface area is 164 Å². The molecule has 140 valence electrons. The monoisotopic (exact) mass is 383 g/mol. The maximum Gasteiger partial charge on any atom is 0.256 e. The van der Waals surface area contributed by atoms with Gasteiger partial charge in [-0.2, -0.15) is 9.97 Å². The molecule has 0 atom stereocenters. The van der Waals surface area contributed by atoms with Gasteiger partial charge in [-0.3, -0.25) is 0 Å². The molecular weight excluding hydrogens is 370 g/mol. The molecule has 5 rings (SSSR count). The molecule has 11 heteroatoms. The van der Waals surface area contributed by atoms with Crippen LogP contribution in [-0.2, 0) is 0 Å². The average molecular weight is 383 g/mol. The second kappa shape index (κ2) is 7.23. The molecule has 0 unspecified atom stereocenters. The molecule has 0 fully saturated rings. The molecule has 0 aliphatic carbocycles. The summed E-state index contributed by atoms with van der Waals surface area (Å²) >= 11 is 0. The Kier molecular flexibility index (Phi) is 4.14. The van der Waals surface area contributed by atoms with Crippen molar-refractivity contribution in [1.82, 2.24) is 49.5 Å². The van der Waals surface area contributed by atoms with E-state index in [1.165, 1.54) is 12.7 Å². The number of hydrogen-bond acceptors (Lipinski definition) is 9. The van der Waals surface area contributed by atoms with E-state index in [1.807, 2.05) is 30.3 Å². The summed E-state index contributed by atoms with van der Waals surface area (Å²) in [6.45, 7) is 0. The average Bonchev–Trinajstić information content (AvgIpc) is 3.47. The Morgan fingerprint density at radius 1 is 0.621 bits per heavy atom. The van der Waals surface area contributed by atoms with E-state index < -0.39 is 0 Å². The van der Waals surface area contributed by atoms with Crippen LogP contribution in [0.1, 0.15) is 0 Å². The summed E-state index contributed by atoms with van der Waals surface area (Å²) < 4.78 is 3.18. The van der Waals surface area contributed by atoms with Crippen molar-refractivity contribution in [3.63, 3.8) is 0 Å². The quantitative estimate of drug-likeness (QED) is 0.448. The van der Waals surface area contributed by atoms with Crippen LogP contribution in [0.3, 0.4) is 0 Å². The van der Waals surface area contributed by atoms with Gasteiger partial charge in [0.2, 0.25) is 0 Å². The molecule has 0 bridgehead atoms. The maximum atomic E-state index is 4.55. The number of para-hydroxylation sites is 1. The van der Waals surface area contributed by atoms with Gasteiger partial charge in [0.25, 0.3) is 11.9 Å². The van der Waals surface area contributed by atoms with Crippen molar-refractivity contribution < 1.29 is 0 Å². The molecule has 11 nitrogen and oxygen atoms in total. The van der Waals surface area contributed by atoms with Crippen LogP contribution in [0, 0.1) is 0 Å². The van der Waals surface area contributed by atoms with Gasteiger partial charge < -0.3 is 0 Å². The number of aromatic nitrogens is 10. The molecule has 1 aromatic carbocycles. The molecule has 0 aliphatic rings. The normalized spacial score (nSPS) is 10.8. The molecular formula is C18H13N11. The van der Waals surface area contributed by atoms with Crippen LogP contribution in [0.4, 0.5) is 17.6 Å². The number of benzene rings is 1. The first kappa shape index (κ1) is 16.6. The zero-order chi connectivity index (χ0) is 19.5. The minimum absolute atomic E-state index is 0.405. The van der Waals surface area contributed by atoms with Gasteiger partial charge in [0, 0.05) is 0 Å². The predicted molar refractivity (Wildman–Crippen MR) is 102 cm³/mol. The van der Waals surface area contributed by atoms with E-state index in [2.05, 4.69) is 40.1 Å². The van der Waals surface area contributed by atoms with Crippen molar-refractivity contribution in [1.29, 1.82) is 0 Å². The van der Waals surface area contributed by atoms with Crippen LogP contribution in [0.2, 0.25) is 0 Å². The van der Waals surface area contributed by atoms with E-state index in [-0.39, 0.29) is 0 Å². The third kappa shape index (κ3) is 3.27. The molecule has 4 heterocycles. The Bertz CT molecular complexity index is 1120. The van der Waals surface area contributed by atoms with Gasteiger partial charge in [-0.15, -0.1) is 10.2 Å². The SMILES string of the molecule is c1ccc(N(c2ncn(-c3cncnc3)n2)c2ncn(-c3cncnc3)n2)cc1. The smallest absolute Gasteiger partial charge is 0.244 e. The second-order valence-electron chi connectivity index (χ2n) is 5.84. The van der Waals surface area contributed by atoms with E-state index in [9.17, 15) is 0 Å². The highest BCUT2D eigenvalue weighted by Crippen LogP contribution is 2.29. The van der Waals surface area contributed by atoms with Crippen molar-refractivity contribution in [2.75, 3.05) is 4.90 Å². The molecule has 0 spiro atoms. The van der Waals surface area contributed by atoms with Crippen LogP contribution in [0.5, 0.6) is 0 Å². The van der Waals surface area contributed by atoms with E-state index in [0.29, 0.717) is 23.3 Å². The van der Waals surface area contributed by atoms with Gasteiger partial charge in [0.1, 0.15) is 36.7 Å². The van der Waals surface area contributed by atoms with Crippen molar-refractivity contribution in [2.24, 2.45) is 0 Å². The predicted octanol–water partition coefficient (Wildman–Crippen LogP) is 1.90. The third-order valence-electron chi connectivity index (χ3n) is 4.00. The highest BCUT2D eigenvalue weighted by atomic mass is 15.5.